The fourth-order valence-electron chi connectivity index (χ4n) is 1.63. The van der Waals surface area contributed by atoms with Crippen LogP contribution in [-0.2, 0) is 16.0 Å². The number of aryl methyl sites for hydroxylation is 1. The predicted octanol–water partition coefficient (Wildman–Crippen LogP) is 2.44. The van der Waals surface area contributed by atoms with Crippen molar-refractivity contribution >= 4 is 29.1 Å². The van der Waals surface area contributed by atoms with Crippen LogP contribution in [0, 0.1) is 0 Å². The summed E-state index contributed by atoms with van der Waals surface area (Å²) in [6.07, 6.45) is 1.70. The fourth-order valence-corrected chi connectivity index (χ4v) is 2.13. The molecule has 1 aromatic rings. The molecule has 0 radical (unpaired) electrons. The summed E-state index contributed by atoms with van der Waals surface area (Å²) < 4.78 is 5.09. The molecular weight excluding hydrogens is 301 g/mol. The number of ether oxygens (including phenoxy) is 1. The van der Waals surface area contributed by atoms with Crippen molar-refractivity contribution < 1.29 is 14.6 Å². The Bertz CT molecular complexity index is 427. The van der Waals surface area contributed by atoms with Crippen molar-refractivity contribution in [1.82, 2.24) is 5.32 Å². The first-order chi connectivity index (χ1) is 9.63. The molecule has 4 nitrogen and oxygen atoms in total. The van der Waals surface area contributed by atoms with Gasteiger partial charge in [-0.3, -0.25) is 4.79 Å². The van der Waals surface area contributed by atoms with E-state index in [2.05, 4.69) is 5.32 Å². The second-order valence-electron chi connectivity index (χ2n) is 4.28. The summed E-state index contributed by atoms with van der Waals surface area (Å²) in [5, 5.41) is 12.5. The van der Waals surface area contributed by atoms with Gasteiger partial charge in [0, 0.05) is 29.6 Å². The molecule has 1 aromatic carbocycles. The van der Waals surface area contributed by atoms with E-state index in [1.165, 1.54) is 0 Å². The summed E-state index contributed by atoms with van der Waals surface area (Å²) >= 11 is 11.8. The highest BCUT2D eigenvalue weighted by Crippen LogP contribution is 2.21. The minimum absolute atomic E-state index is 0.0156. The summed E-state index contributed by atoms with van der Waals surface area (Å²) in [7, 11) is 0. The number of nitrogens with one attached hydrogen (secondary N) is 1. The third-order valence-electron chi connectivity index (χ3n) is 2.66. The minimum atomic E-state index is -0.0156. The summed E-state index contributed by atoms with van der Waals surface area (Å²) in [5.74, 6) is -0.0156. The fraction of sp³-hybridized carbons (Fsp3) is 0.500. The quantitative estimate of drug-likeness (QED) is 0.687. The van der Waals surface area contributed by atoms with E-state index in [1.54, 1.807) is 12.1 Å². The molecule has 1 rings (SSSR count). The highest BCUT2D eigenvalue weighted by atomic mass is 35.5. The first kappa shape index (κ1) is 17.2. The predicted molar refractivity (Wildman–Crippen MR) is 80.3 cm³/mol. The Labute approximate surface area is 129 Å². The lowest BCUT2D eigenvalue weighted by molar-refractivity contribution is -0.121. The molecule has 2 N–H and O–H groups in total. The summed E-state index contributed by atoms with van der Waals surface area (Å²) in [5.41, 5.74) is 0.914. The lowest BCUT2D eigenvalue weighted by Crippen LogP contribution is -2.25. The third kappa shape index (κ3) is 7.10. The minimum Gasteiger partial charge on any atom is -0.394 e. The molecule has 0 unspecified atom stereocenters. The number of aliphatic hydroxyl groups is 1. The number of hydrogen-bond donors (Lipinski definition) is 2. The molecule has 0 aliphatic rings. The molecule has 0 aromatic heterocycles. The topological polar surface area (TPSA) is 58.6 Å². The van der Waals surface area contributed by atoms with Crippen molar-refractivity contribution in [2.45, 2.75) is 19.3 Å². The second-order valence-corrected chi connectivity index (χ2v) is 5.12. The van der Waals surface area contributed by atoms with E-state index in [9.17, 15) is 4.79 Å². The van der Waals surface area contributed by atoms with Crippen LogP contribution in [0.4, 0.5) is 0 Å². The standard InChI is InChI=1S/C14H19Cl2NO3/c15-12-4-2-11(13(16)10-12)3-5-14(19)17-6-1-8-20-9-7-18/h2,4,10,18H,1,3,5-9H2,(H,17,19). The number of rotatable bonds is 9. The van der Waals surface area contributed by atoms with E-state index in [-0.39, 0.29) is 12.5 Å². The summed E-state index contributed by atoms with van der Waals surface area (Å²) in [6.45, 7) is 1.46. The maximum Gasteiger partial charge on any atom is 0.220 e. The zero-order valence-electron chi connectivity index (χ0n) is 11.2. The van der Waals surface area contributed by atoms with Crippen molar-refractivity contribution in [2.75, 3.05) is 26.4 Å². The number of amides is 1. The van der Waals surface area contributed by atoms with Crippen molar-refractivity contribution in [3.8, 4) is 0 Å². The molecule has 0 spiro atoms. The van der Waals surface area contributed by atoms with Crippen LogP contribution >= 0.6 is 23.2 Å². The summed E-state index contributed by atoms with van der Waals surface area (Å²) in [4.78, 5) is 11.6. The number of halogens is 2. The molecule has 0 saturated heterocycles. The largest absolute Gasteiger partial charge is 0.394 e. The van der Waals surface area contributed by atoms with Gasteiger partial charge in [0.05, 0.1) is 13.2 Å². The number of benzene rings is 1. The van der Waals surface area contributed by atoms with E-state index in [4.69, 9.17) is 33.0 Å². The Morgan fingerprint density at radius 2 is 2.10 bits per heavy atom. The van der Waals surface area contributed by atoms with Crippen LogP contribution in [0.15, 0.2) is 18.2 Å². The molecule has 0 fully saturated rings. The lowest BCUT2D eigenvalue weighted by atomic mass is 10.1. The van der Waals surface area contributed by atoms with Crippen LogP contribution in [-0.4, -0.2) is 37.4 Å². The van der Waals surface area contributed by atoms with E-state index in [0.717, 1.165) is 12.0 Å². The molecule has 0 atom stereocenters. The van der Waals surface area contributed by atoms with E-state index < -0.39 is 0 Å². The summed E-state index contributed by atoms with van der Waals surface area (Å²) in [6, 6.07) is 5.27. The average Bonchev–Trinajstić information content (AvgIpc) is 2.41. The highest BCUT2D eigenvalue weighted by Gasteiger charge is 2.05. The van der Waals surface area contributed by atoms with Crippen molar-refractivity contribution in [1.29, 1.82) is 0 Å². The number of hydrogen-bond acceptors (Lipinski definition) is 3. The van der Waals surface area contributed by atoms with Crippen molar-refractivity contribution in [2.24, 2.45) is 0 Å². The molecule has 20 heavy (non-hydrogen) atoms. The number of aliphatic hydroxyl groups excluding tert-OH is 1. The zero-order valence-corrected chi connectivity index (χ0v) is 12.7. The SMILES string of the molecule is O=C(CCc1ccc(Cl)cc1Cl)NCCCOCCO. The average molecular weight is 320 g/mol. The Kier molecular flexibility index (Phi) is 8.62. The van der Waals surface area contributed by atoms with Gasteiger partial charge in [-0.05, 0) is 30.5 Å². The Balaban J connectivity index is 2.16. The number of carbonyl (C=O) groups excluding carboxylic acids is 1. The maximum absolute atomic E-state index is 11.6. The molecule has 112 valence electrons. The van der Waals surface area contributed by atoms with Crippen LogP contribution in [0.25, 0.3) is 0 Å². The normalized spacial score (nSPS) is 10.6. The molecule has 0 bridgehead atoms. The molecule has 0 aliphatic carbocycles. The van der Waals surface area contributed by atoms with Crippen LogP contribution in [0.1, 0.15) is 18.4 Å². The molecule has 0 heterocycles. The van der Waals surface area contributed by atoms with E-state index in [0.29, 0.717) is 42.6 Å². The van der Waals surface area contributed by atoms with Gasteiger partial charge >= 0.3 is 0 Å². The lowest BCUT2D eigenvalue weighted by Gasteiger charge is -2.07. The number of carbonyl (C=O) groups is 1. The third-order valence-corrected chi connectivity index (χ3v) is 3.25. The highest BCUT2D eigenvalue weighted by molar-refractivity contribution is 6.35. The first-order valence-electron chi connectivity index (χ1n) is 6.52. The monoisotopic (exact) mass is 319 g/mol. The zero-order chi connectivity index (χ0) is 14.8. The van der Waals surface area contributed by atoms with E-state index >= 15 is 0 Å². The maximum atomic E-state index is 11.6. The molecule has 1 amide bonds. The van der Waals surface area contributed by atoms with Crippen LogP contribution in [0.3, 0.4) is 0 Å². The van der Waals surface area contributed by atoms with Gasteiger partial charge in [0.2, 0.25) is 5.91 Å². The molecule has 6 heteroatoms. The van der Waals surface area contributed by atoms with Gasteiger partial charge in [0.25, 0.3) is 0 Å². The first-order valence-corrected chi connectivity index (χ1v) is 7.28. The van der Waals surface area contributed by atoms with E-state index in [1.807, 2.05) is 6.07 Å². The van der Waals surface area contributed by atoms with Gasteiger partial charge in [0.15, 0.2) is 0 Å². The molecule has 0 saturated carbocycles. The van der Waals surface area contributed by atoms with Gasteiger partial charge in [0.1, 0.15) is 0 Å². The van der Waals surface area contributed by atoms with Crippen LogP contribution in [0.2, 0.25) is 10.0 Å². The van der Waals surface area contributed by atoms with Crippen molar-refractivity contribution in [3.05, 3.63) is 33.8 Å². The Morgan fingerprint density at radius 3 is 2.80 bits per heavy atom. The van der Waals surface area contributed by atoms with Gasteiger partial charge in [-0.2, -0.15) is 0 Å². The smallest absolute Gasteiger partial charge is 0.220 e. The van der Waals surface area contributed by atoms with Crippen LogP contribution in [0.5, 0.6) is 0 Å². The molecule has 0 aliphatic heterocycles. The van der Waals surface area contributed by atoms with Crippen molar-refractivity contribution in [3.63, 3.8) is 0 Å². The van der Waals surface area contributed by atoms with Gasteiger partial charge < -0.3 is 15.2 Å². The van der Waals surface area contributed by atoms with Gasteiger partial charge in [-0.25, -0.2) is 0 Å². The second kappa shape index (κ2) is 10.00. The van der Waals surface area contributed by atoms with Crippen LogP contribution < -0.4 is 5.32 Å². The Morgan fingerprint density at radius 1 is 1.30 bits per heavy atom. The Hall–Kier alpha value is -0.810. The van der Waals surface area contributed by atoms with Gasteiger partial charge in [-0.1, -0.05) is 29.3 Å². The van der Waals surface area contributed by atoms with Gasteiger partial charge in [-0.15, -0.1) is 0 Å². The molecular formula is C14H19Cl2NO3.